The summed E-state index contributed by atoms with van der Waals surface area (Å²) in [5.41, 5.74) is 0.764. The molecule has 6 heteroatoms. The van der Waals surface area contributed by atoms with Crippen LogP contribution in [0.5, 0.6) is 0 Å². The molecule has 1 heterocycles. The summed E-state index contributed by atoms with van der Waals surface area (Å²) >= 11 is 0. The number of aromatic nitrogens is 1. The van der Waals surface area contributed by atoms with E-state index in [1.54, 1.807) is 25.1 Å². The van der Waals surface area contributed by atoms with Crippen molar-refractivity contribution in [3.8, 4) is 0 Å². The predicted molar refractivity (Wildman–Crippen MR) is 73.4 cm³/mol. The molecule has 1 aromatic carbocycles. The molecule has 0 atom stereocenters. The van der Waals surface area contributed by atoms with Gasteiger partial charge in [-0.2, -0.15) is 0 Å². The fraction of sp³-hybridized carbons (Fsp3) is 0.357. The number of nitrogens with zero attached hydrogens (tertiary/aromatic N) is 1. The maximum Gasteiger partial charge on any atom is 0.309 e. The number of hydrogen-bond donors (Lipinski definition) is 2. The van der Waals surface area contributed by atoms with Gasteiger partial charge in [0, 0.05) is 19.0 Å². The molecular formula is C14H16N2O4. The third-order valence-corrected chi connectivity index (χ3v) is 2.96. The van der Waals surface area contributed by atoms with E-state index in [4.69, 9.17) is 9.52 Å². The molecule has 1 amide bonds. The number of aryl methyl sites for hydroxylation is 1. The van der Waals surface area contributed by atoms with Crippen molar-refractivity contribution in [2.45, 2.75) is 27.2 Å². The van der Waals surface area contributed by atoms with Crippen LogP contribution in [0.25, 0.3) is 11.1 Å². The average Bonchev–Trinajstić information content (AvgIpc) is 2.67. The Morgan fingerprint density at radius 2 is 2.10 bits per heavy atom. The standard InChI is InChI=1S/C14H16N2O4/c1-8-15-10-6-9(4-5-11(10)20-8)16-12(17)7-14(2,3)13(18)19/h4-6H,7H2,1-3H3,(H,16,17)(H,18,19). The molecule has 1 aromatic heterocycles. The minimum Gasteiger partial charge on any atom is -0.481 e. The molecule has 0 radical (unpaired) electrons. The van der Waals surface area contributed by atoms with E-state index in [-0.39, 0.29) is 12.3 Å². The van der Waals surface area contributed by atoms with Crippen molar-refractivity contribution >= 4 is 28.7 Å². The van der Waals surface area contributed by atoms with Gasteiger partial charge >= 0.3 is 5.97 Å². The number of carbonyl (C=O) groups is 2. The largest absolute Gasteiger partial charge is 0.481 e. The van der Waals surface area contributed by atoms with Gasteiger partial charge < -0.3 is 14.8 Å². The molecular weight excluding hydrogens is 260 g/mol. The van der Waals surface area contributed by atoms with Crippen molar-refractivity contribution in [3.05, 3.63) is 24.1 Å². The molecule has 0 bridgehead atoms. The highest BCUT2D eigenvalue weighted by atomic mass is 16.4. The Hall–Kier alpha value is -2.37. The topological polar surface area (TPSA) is 92.4 Å². The summed E-state index contributed by atoms with van der Waals surface area (Å²) in [6.07, 6.45) is -0.0990. The van der Waals surface area contributed by atoms with Crippen LogP contribution < -0.4 is 5.32 Å². The highest BCUT2D eigenvalue weighted by molar-refractivity contribution is 5.95. The van der Waals surface area contributed by atoms with Gasteiger partial charge in [-0.3, -0.25) is 9.59 Å². The first-order chi connectivity index (χ1) is 9.28. The van der Waals surface area contributed by atoms with Crippen LogP contribution in [0.15, 0.2) is 22.6 Å². The Bertz CT molecular complexity index is 673. The first kappa shape index (κ1) is 14.0. The van der Waals surface area contributed by atoms with E-state index in [2.05, 4.69) is 10.3 Å². The minimum absolute atomic E-state index is 0.0990. The van der Waals surface area contributed by atoms with Gasteiger partial charge in [0.1, 0.15) is 5.52 Å². The predicted octanol–water partition coefficient (Wildman–Crippen LogP) is 2.58. The summed E-state index contributed by atoms with van der Waals surface area (Å²) in [6.45, 7) is 4.77. The van der Waals surface area contributed by atoms with Gasteiger partial charge in [-0.25, -0.2) is 4.98 Å². The highest BCUT2D eigenvalue weighted by Gasteiger charge is 2.30. The number of carboxylic acids is 1. The normalized spacial score (nSPS) is 11.6. The smallest absolute Gasteiger partial charge is 0.309 e. The van der Waals surface area contributed by atoms with Crippen LogP contribution in [0.4, 0.5) is 5.69 Å². The van der Waals surface area contributed by atoms with Gasteiger partial charge in [0.25, 0.3) is 0 Å². The molecule has 0 fully saturated rings. The summed E-state index contributed by atoms with van der Waals surface area (Å²) in [5, 5.41) is 11.7. The maximum absolute atomic E-state index is 11.9. The number of amides is 1. The van der Waals surface area contributed by atoms with E-state index in [9.17, 15) is 9.59 Å². The van der Waals surface area contributed by atoms with Crippen LogP contribution in [0.3, 0.4) is 0 Å². The SMILES string of the molecule is Cc1nc2cc(NC(=O)CC(C)(C)C(=O)O)ccc2o1. The van der Waals surface area contributed by atoms with Gasteiger partial charge in [0.15, 0.2) is 11.5 Å². The lowest BCUT2D eigenvalue weighted by atomic mass is 9.89. The van der Waals surface area contributed by atoms with Crippen LogP contribution in [0, 0.1) is 12.3 Å². The van der Waals surface area contributed by atoms with Crippen LogP contribution >= 0.6 is 0 Å². The van der Waals surface area contributed by atoms with Gasteiger partial charge in [-0.1, -0.05) is 0 Å². The number of hydrogen-bond acceptors (Lipinski definition) is 4. The van der Waals surface area contributed by atoms with Crippen molar-refractivity contribution < 1.29 is 19.1 Å². The molecule has 0 aliphatic rings. The molecule has 2 rings (SSSR count). The number of nitrogens with one attached hydrogen (secondary N) is 1. The second-order valence-electron chi connectivity index (χ2n) is 5.33. The van der Waals surface area contributed by atoms with Gasteiger partial charge in [0.05, 0.1) is 5.41 Å². The third kappa shape index (κ3) is 2.96. The van der Waals surface area contributed by atoms with Crippen LogP contribution in [0.1, 0.15) is 26.2 Å². The number of fused-ring (bicyclic) bond motifs is 1. The van der Waals surface area contributed by atoms with E-state index in [0.29, 0.717) is 22.7 Å². The Kier molecular flexibility index (Phi) is 3.48. The lowest BCUT2D eigenvalue weighted by molar-refractivity contribution is -0.148. The summed E-state index contributed by atoms with van der Waals surface area (Å²) in [7, 11) is 0. The fourth-order valence-electron chi connectivity index (χ4n) is 1.80. The second kappa shape index (κ2) is 4.96. The summed E-state index contributed by atoms with van der Waals surface area (Å²) < 4.78 is 5.34. The average molecular weight is 276 g/mol. The minimum atomic E-state index is -1.10. The Morgan fingerprint density at radius 3 is 2.75 bits per heavy atom. The van der Waals surface area contributed by atoms with Crippen LogP contribution in [0.2, 0.25) is 0 Å². The van der Waals surface area contributed by atoms with E-state index >= 15 is 0 Å². The zero-order valence-electron chi connectivity index (χ0n) is 11.6. The zero-order valence-corrected chi connectivity index (χ0v) is 11.6. The number of carboxylic acid groups (broad SMARTS) is 1. The van der Waals surface area contributed by atoms with Crippen molar-refractivity contribution in [3.63, 3.8) is 0 Å². The lowest BCUT2D eigenvalue weighted by Crippen LogP contribution is -2.29. The molecule has 20 heavy (non-hydrogen) atoms. The molecule has 0 saturated heterocycles. The van der Waals surface area contributed by atoms with Gasteiger partial charge in [-0.15, -0.1) is 0 Å². The number of anilines is 1. The molecule has 2 N–H and O–H groups in total. The molecule has 0 unspecified atom stereocenters. The van der Waals surface area contributed by atoms with Crippen LogP contribution in [-0.4, -0.2) is 22.0 Å². The Balaban J connectivity index is 2.11. The zero-order chi connectivity index (χ0) is 14.9. The van der Waals surface area contributed by atoms with E-state index in [1.807, 2.05) is 0 Å². The first-order valence-corrected chi connectivity index (χ1v) is 6.18. The van der Waals surface area contributed by atoms with Crippen LogP contribution in [-0.2, 0) is 9.59 Å². The van der Waals surface area contributed by atoms with Crippen molar-refractivity contribution in [2.75, 3.05) is 5.32 Å². The molecule has 106 valence electrons. The lowest BCUT2D eigenvalue weighted by Gasteiger charge is -2.18. The highest BCUT2D eigenvalue weighted by Crippen LogP contribution is 2.23. The number of rotatable bonds is 4. The van der Waals surface area contributed by atoms with E-state index in [1.165, 1.54) is 13.8 Å². The summed E-state index contributed by atoms with van der Waals surface area (Å²) in [6, 6.07) is 5.10. The molecule has 2 aromatic rings. The van der Waals surface area contributed by atoms with Crippen molar-refractivity contribution in [2.24, 2.45) is 5.41 Å². The molecule has 0 aliphatic carbocycles. The molecule has 0 saturated carbocycles. The van der Waals surface area contributed by atoms with E-state index in [0.717, 1.165) is 0 Å². The maximum atomic E-state index is 11.9. The number of aliphatic carboxylic acids is 1. The Labute approximate surface area is 115 Å². The van der Waals surface area contributed by atoms with Gasteiger partial charge in [0.2, 0.25) is 5.91 Å². The Morgan fingerprint density at radius 1 is 1.40 bits per heavy atom. The molecule has 6 nitrogen and oxygen atoms in total. The van der Waals surface area contributed by atoms with Gasteiger partial charge in [-0.05, 0) is 32.0 Å². The van der Waals surface area contributed by atoms with E-state index < -0.39 is 11.4 Å². The quantitative estimate of drug-likeness (QED) is 0.895. The summed E-state index contributed by atoms with van der Waals surface area (Å²) in [4.78, 5) is 27.0. The second-order valence-corrected chi connectivity index (χ2v) is 5.33. The first-order valence-electron chi connectivity index (χ1n) is 6.18. The molecule has 0 spiro atoms. The monoisotopic (exact) mass is 276 g/mol. The van der Waals surface area contributed by atoms with Crippen molar-refractivity contribution in [1.82, 2.24) is 4.98 Å². The fourth-order valence-corrected chi connectivity index (χ4v) is 1.80. The number of benzene rings is 1. The summed E-state index contributed by atoms with van der Waals surface area (Å²) in [5.74, 6) is -0.803. The number of carbonyl (C=O) groups excluding carboxylic acids is 1. The number of oxazole rings is 1. The third-order valence-electron chi connectivity index (χ3n) is 2.96. The molecule has 0 aliphatic heterocycles. The van der Waals surface area contributed by atoms with Crippen molar-refractivity contribution in [1.29, 1.82) is 0 Å².